The number of amides is 1. The Balaban J connectivity index is 2.63. The van der Waals surface area contributed by atoms with Crippen LogP contribution < -0.4 is 0 Å². The first kappa shape index (κ1) is 7.55. The van der Waals surface area contributed by atoms with Crippen molar-refractivity contribution in [3.8, 4) is 0 Å². The highest BCUT2D eigenvalue weighted by molar-refractivity contribution is 7.71. The van der Waals surface area contributed by atoms with Gasteiger partial charge in [-0.3, -0.25) is 4.79 Å². The maximum absolute atomic E-state index is 11.3. The van der Waals surface area contributed by atoms with Gasteiger partial charge >= 0.3 is 0 Å². The number of nitrogens with zero attached hydrogens (tertiary/aromatic N) is 1. The van der Waals surface area contributed by atoms with Crippen LogP contribution in [-0.4, -0.2) is 23.7 Å². The van der Waals surface area contributed by atoms with Gasteiger partial charge in [0.25, 0.3) is 5.91 Å². The summed E-state index contributed by atoms with van der Waals surface area (Å²) in [5, 5.41) is 0. The highest BCUT2D eigenvalue weighted by Gasteiger charge is 2.23. The molecule has 1 aliphatic rings. The second-order valence-corrected chi connectivity index (χ2v) is 3.10. The number of fused-ring (bicyclic) bond motifs is 1. The van der Waals surface area contributed by atoms with Gasteiger partial charge in [0.2, 0.25) is 7.98 Å². The first-order chi connectivity index (χ1) is 5.68. The van der Waals surface area contributed by atoms with Gasteiger partial charge in [0.15, 0.2) is 0 Å². The topological polar surface area (TPSA) is 36.1 Å². The van der Waals surface area contributed by atoms with Gasteiger partial charge in [-0.25, -0.2) is 0 Å². The fourth-order valence-electron chi connectivity index (χ4n) is 1.23. The number of nitrogens with one attached hydrogen (secondary N) is 1. The summed E-state index contributed by atoms with van der Waals surface area (Å²) in [5.41, 5.74) is 1.42. The Labute approximate surface area is 75.8 Å². The largest absolute Gasteiger partial charge is 0.387 e. The molecule has 1 aromatic heterocycles. The lowest BCUT2D eigenvalue weighted by atomic mass is 10.2. The third-order valence-electron chi connectivity index (χ3n) is 1.82. The number of aromatic amines is 1. The van der Waals surface area contributed by atoms with E-state index >= 15 is 0 Å². The van der Waals surface area contributed by atoms with Crippen LogP contribution in [0.2, 0.25) is 0 Å². The molecule has 0 saturated heterocycles. The van der Waals surface area contributed by atoms with E-state index in [-0.39, 0.29) is 5.91 Å². The summed E-state index contributed by atoms with van der Waals surface area (Å²) in [6.07, 6.45) is 0. The van der Waals surface area contributed by atoms with Crippen LogP contribution in [-0.2, 0) is 6.54 Å². The molecule has 0 atom stereocenters. The van der Waals surface area contributed by atoms with Crippen molar-refractivity contribution in [2.45, 2.75) is 6.54 Å². The quantitative estimate of drug-likeness (QED) is 0.468. The molecule has 3 nitrogen and oxygen atoms in total. The van der Waals surface area contributed by atoms with E-state index in [1.807, 2.05) is 6.07 Å². The summed E-state index contributed by atoms with van der Waals surface area (Å²) in [6.45, 7) is 0.459. The molecule has 2 heterocycles. The Morgan fingerprint density at radius 1 is 1.58 bits per heavy atom. The minimum atomic E-state index is -0.197. The van der Waals surface area contributed by atoms with Gasteiger partial charge in [-0.15, -0.1) is 0 Å². The number of carbonyl (C=O) groups excluding carboxylic acids is 1. The summed E-state index contributed by atoms with van der Waals surface area (Å²) in [7, 11) is 5.41. The minimum absolute atomic E-state index is 0.197. The number of rotatable bonds is 0. The molecule has 5 heteroatoms. The fourth-order valence-corrected chi connectivity index (χ4v) is 1.40. The van der Waals surface area contributed by atoms with Crippen LogP contribution in [0.1, 0.15) is 16.1 Å². The van der Waals surface area contributed by atoms with Gasteiger partial charge in [-0.1, -0.05) is 18.3 Å². The third kappa shape index (κ3) is 0.974. The molecule has 0 unspecified atom stereocenters. The van der Waals surface area contributed by atoms with E-state index in [1.165, 1.54) is 0 Å². The molecule has 2 radical (unpaired) electrons. The summed E-state index contributed by atoms with van der Waals surface area (Å²) in [4.78, 5) is 15.2. The first-order valence-electron chi connectivity index (χ1n) is 3.47. The van der Waals surface area contributed by atoms with Gasteiger partial charge < -0.3 is 9.79 Å². The lowest BCUT2D eigenvalue weighted by Crippen LogP contribution is -2.20. The summed E-state index contributed by atoms with van der Waals surface area (Å²) < 4.78 is 0.553. The second-order valence-electron chi connectivity index (χ2n) is 2.66. The van der Waals surface area contributed by atoms with E-state index < -0.39 is 0 Å². The standard InChI is InChI=1S/C7H5BN2OS/c8-10-3-4-1-2-5(12)9-6(4)7(10)11/h1-2H,3H2,(H,9,12). The summed E-state index contributed by atoms with van der Waals surface area (Å²) >= 11 is 4.88. The molecular formula is C7H5BN2OS. The molecule has 2 rings (SSSR count). The van der Waals surface area contributed by atoms with E-state index in [0.717, 1.165) is 10.4 Å². The maximum atomic E-state index is 11.3. The van der Waals surface area contributed by atoms with Crippen molar-refractivity contribution in [3.05, 3.63) is 28.0 Å². The van der Waals surface area contributed by atoms with Crippen LogP contribution in [0.5, 0.6) is 0 Å². The molecule has 12 heavy (non-hydrogen) atoms. The zero-order valence-electron chi connectivity index (χ0n) is 6.20. The monoisotopic (exact) mass is 176 g/mol. The Morgan fingerprint density at radius 2 is 2.33 bits per heavy atom. The van der Waals surface area contributed by atoms with Gasteiger partial charge in [0.05, 0.1) is 0 Å². The Hall–Kier alpha value is -1.10. The molecular weight excluding hydrogens is 171 g/mol. The predicted molar refractivity (Wildman–Crippen MR) is 47.3 cm³/mol. The highest BCUT2D eigenvalue weighted by Crippen LogP contribution is 2.17. The van der Waals surface area contributed by atoms with Crippen molar-refractivity contribution in [1.82, 2.24) is 9.79 Å². The number of H-pyrrole nitrogens is 1. The van der Waals surface area contributed by atoms with Crippen molar-refractivity contribution >= 4 is 26.1 Å². The van der Waals surface area contributed by atoms with Crippen LogP contribution in [0, 0.1) is 4.64 Å². The molecule has 1 amide bonds. The van der Waals surface area contributed by atoms with Crippen LogP contribution in [0.3, 0.4) is 0 Å². The van der Waals surface area contributed by atoms with Crippen molar-refractivity contribution in [2.75, 3.05) is 0 Å². The zero-order chi connectivity index (χ0) is 8.72. The second kappa shape index (κ2) is 2.45. The first-order valence-corrected chi connectivity index (χ1v) is 3.88. The molecule has 0 aliphatic carbocycles. The number of hydrogen-bond donors (Lipinski definition) is 1. The van der Waals surface area contributed by atoms with E-state index in [0.29, 0.717) is 16.9 Å². The van der Waals surface area contributed by atoms with E-state index in [1.54, 1.807) is 6.07 Å². The molecule has 0 aromatic carbocycles. The maximum Gasteiger partial charge on any atom is 0.258 e. The fraction of sp³-hybridized carbons (Fsp3) is 0.143. The van der Waals surface area contributed by atoms with Crippen molar-refractivity contribution in [1.29, 1.82) is 0 Å². The van der Waals surface area contributed by atoms with Crippen LogP contribution in [0.25, 0.3) is 0 Å². The van der Waals surface area contributed by atoms with E-state index in [4.69, 9.17) is 20.2 Å². The van der Waals surface area contributed by atoms with Crippen molar-refractivity contribution in [3.63, 3.8) is 0 Å². The minimum Gasteiger partial charge on any atom is -0.387 e. The Bertz CT molecular complexity index is 401. The summed E-state index contributed by atoms with van der Waals surface area (Å²) in [6, 6.07) is 3.57. The molecule has 0 spiro atoms. The SMILES string of the molecule is [B]N1Cc2ccc(=S)[nH]c2C1=O. The Morgan fingerprint density at radius 3 is 3.08 bits per heavy atom. The molecule has 1 aromatic rings. The van der Waals surface area contributed by atoms with Gasteiger partial charge in [0, 0.05) is 6.54 Å². The third-order valence-corrected chi connectivity index (χ3v) is 2.06. The molecule has 0 bridgehead atoms. The van der Waals surface area contributed by atoms with Gasteiger partial charge in [0.1, 0.15) is 10.3 Å². The smallest absolute Gasteiger partial charge is 0.258 e. The number of carbonyl (C=O) groups is 1. The molecule has 0 saturated carbocycles. The molecule has 58 valence electrons. The number of hydrogen-bond acceptors (Lipinski definition) is 2. The zero-order valence-corrected chi connectivity index (χ0v) is 7.02. The highest BCUT2D eigenvalue weighted by atomic mass is 32.1. The molecule has 1 N–H and O–H groups in total. The normalized spacial score (nSPS) is 15.0. The Kier molecular flexibility index (Phi) is 1.54. The molecule has 1 aliphatic heterocycles. The van der Waals surface area contributed by atoms with Crippen molar-refractivity contribution in [2.24, 2.45) is 0 Å². The summed E-state index contributed by atoms with van der Waals surface area (Å²) in [5.74, 6) is -0.197. The van der Waals surface area contributed by atoms with Crippen molar-refractivity contribution < 1.29 is 4.79 Å². The van der Waals surface area contributed by atoms with Gasteiger partial charge in [-0.05, 0) is 11.6 Å². The average Bonchev–Trinajstić information content (AvgIpc) is 2.31. The van der Waals surface area contributed by atoms with E-state index in [9.17, 15) is 4.79 Å². The predicted octanol–water partition coefficient (Wildman–Crippen LogP) is 0.783. The van der Waals surface area contributed by atoms with Crippen LogP contribution >= 0.6 is 12.2 Å². The van der Waals surface area contributed by atoms with E-state index in [2.05, 4.69) is 4.98 Å². The average molecular weight is 176 g/mol. The van der Waals surface area contributed by atoms with Crippen LogP contribution in [0.15, 0.2) is 12.1 Å². The van der Waals surface area contributed by atoms with Gasteiger partial charge in [-0.2, -0.15) is 0 Å². The lowest BCUT2D eigenvalue weighted by molar-refractivity contribution is 0.0876. The number of pyridine rings is 1. The lowest BCUT2D eigenvalue weighted by Gasteiger charge is -2.04. The van der Waals surface area contributed by atoms with Crippen LogP contribution in [0.4, 0.5) is 0 Å². The molecule has 0 fully saturated rings. The number of aromatic nitrogens is 1.